The maximum absolute atomic E-state index is 12.7. The lowest BCUT2D eigenvalue weighted by atomic mass is 10.2. The Hall–Kier alpha value is -3.19. The van der Waals surface area contributed by atoms with Crippen LogP contribution in [-0.2, 0) is 24.8 Å². The Kier molecular flexibility index (Phi) is 8.80. The van der Waals surface area contributed by atoms with Gasteiger partial charge in [-0.05, 0) is 48.5 Å². The molecule has 0 unspecified atom stereocenters. The SMILES string of the molecule is COc1ccc(N(CC(=O)Nc2ccc(S(=O)(=O)Nc3cccc(Cl)c3Cl)cc2)S(C)(=O)=O)c(OC)c1. The number of sulfonamides is 2. The minimum Gasteiger partial charge on any atom is -0.497 e. The van der Waals surface area contributed by atoms with Gasteiger partial charge in [-0.2, -0.15) is 0 Å². The molecule has 0 aliphatic rings. The maximum atomic E-state index is 12.7. The summed E-state index contributed by atoms with van der Waals surface area (Å²) < 4.78 is 64.0. The van der Waals surface area contributed by atoms with Crippen molar-refractivity contribution in [3.63, 3.8) is 0 Å². The first-order chi connectivity index (χ1) is 17.4. The molecule has 0 aliphatic carbocycles. The predicted octanol–water partition coefficient (Wildman–Crippen LogP) is 4.22. The number of nitrogens with zero attached hydrogens (tertiary/aromatic N) is 1. The molecule has 0 saturated carbocycles. The van der Waals surface area contributed by atoms with Gasteiger partial charge in [0.25, 0.3) is 10.0 Å². The van der Waals surface area contributed by atoms with Crippen LogP contribution in [0.1, 0.15) is 0 Å². The van der Waals surface area contributed by atoms with E-state index in [0.29, 0.717) is 5.75 Å². The van der Waals surface area contributed by atoms with Crippen LogP contribution in [0.5, 0.6) is 11.5 Å². The van der Waals surface area contributed by atoms with E-state index in [2.05, 4.69) is 10.0 Å². The summed E-state index contributed by atoms with van der Waals surface area (Å²) in [6, 6.07) is 14.3. The smallest absolute Gasteiger partial charge is 0.261 e. The molecule has 0 atom stereocenters. The molecule has 198 valence electrons. The number of benzene rings is 3. The van der Waals surface area contributed by atoms with Crippen molar-refractivity contribution in [1.29, 1.82) is 0 Å². The van der Waals surface area contributed by atoms with Crippen molar-refractivity contribution in [2.75, 3.05) is 41.4 Å². The van der Waals surface area contributed by atoms with Crippen LogP contribution in [0.4, 0.5) is 17.1 Å². The van der Waals surface area contributed by atoms with E-state index < -0.39 is 32.5 Å². The van der Waals surface area contributed by atoms with E-state index in [9.17, 15) is 21.6 Å². The van der Waals surface area contributed by atoms with Crippen LogP contribution >= 0.6 is 23.2 Å². The maximum Gasteiger partial charge on any atom is 0.261 e. The number of nitrogens with one attached hydrogen (secondary N) is 2. The summed E-state index contributed by atoms with van der Waals surface area (Å²) in [5, 5.41) is 2.80. The van der Waals surface area contributed by atoms with Crippen molar-refractivity contribution in [2.24, 2.45) is 0 Å². The van der Waals surface area contributed by atoms with Crippen molar-refractivity contribution in [3.8, 4) is 11.5 Å². The van der Waals surface area contributed by atoms with Gasteiger partial charge in [-0.25, -0.2) is 16.8 Å². The zero-order valence-electron chi connectivity index (χ0n) is 19.9. The third-order valence-electron chi connectivity index (χ3n) is 4.99. The van der Waals surface area contributed by atoms with Crippen LogP contribution in [0.2, 0.25) is 10.0 Å². The largest absolute Gasteiger partial charge is 0.497 e. The molecular formula is C23H23Cl2N3O7S2. The Labute approximate surface area is 225 Å². The first kappa shape index (κ1) is 28.4. The summed E-state index contributed by atoms with van der Waals surface area (Å²) in [5.74, 6) is -0.0251. The number of rotatable bonds is 10. The normalized spacial score (nSPS) is 11.5. The van der Waals surface area contributed by atoms with Gasteiger partial charge in [0.15, 0.2) is 0 Å². The quantitative estimate of drug-likeness (QED) is 0.363. The van der Waals surface area contributed by atoms with E-state index in [0.717, 1.165) is 10.6 Å². The summed E-state index contributed by atoms with van der Waals surface area (Å²) in [4.78, 5) is 12.6. The standard InChI is InChI=1S/C23H23Cl2N3O7S2/c1-34-16-9-12-20(21(13-16)35-2)28(36(3,30)31)14-22(29)26-15-7-10-17(11-8-15)37(32,33)27-19-6-4-5-18(24)23(19)25/h4-13,27H,14H2,1-3H3,(H,26,29). The van der Waals surface area contributed by atoms with Gasteiger partial charge in [-0.3, -0.25) is 13.8 Å². The molecule has 0 aromatic heterocycles. The number of ether oxygens (including phenoxy) is 2. The Balaban J connectivity index is 1.77. The van der Waals surface area contributed by atoms with Crippen LogP contribution in [0.25, 0.3) is 0 Å². The molecule has 0 heterocycles. The number of hydrogen-bond acceptors (Lipinski definition) is 7. The summed E-state index contributed by atoms with van der Waals surface area (Å²) >= 11 is 12.0. The fourth-order valence-corrected chi connectivity index (χ4v) is 5.54. The predicted molar refractivity (Wildman–Crippen MR) is 144 cm³/mol. The van der Waals surface area contributed by atoms with Gasteiger partial charge in [0.1, 0.15) is 18.0 Å². The van der Waals surface area contributed by atoms with Crippen LogP contribution < -0.4 is 23.8 Å². The average molecular weight is 588 g/mol. The monoisotopic (exact) mass is 587 g/mol. The molecule has 14 heteroatoms. The minimum absolute atomic E-state index is 0.0561. The zero-order chi connectivity index (χ0) is 27.4. The van der Waals surface area contributed by atoms with Crippen LogP contribution in [0.15, 0.2) is 65.6 Å². The lowest BCUT2D eigenvalue weighted by Crippen LogP contribution is -2.37. The first-order valence-electron chi connectivity index (χ1n) is 10.4. The highest BCUT2D eigenvalue weighted by Crippen LogP contribution is 2.34. The van der Waals surface area contributed by atoms with Crippen LogP contribution in [0, 0.1) is 0 Å². The third kappa shape index (κ3) is 6.98. The molecule has 0 spiro atoms. The van der Waals surface area contributed by atoms with Gasteiger partial charge >= 0.3 is 0 Å². The molecule has 0 radical (unpaired) electrons. The van der Waals surface area contributed by atoms with E-state index in [4.69, 9.17) is 32.7 Å². The molecular weight excluding hydrogens is 565 g/mol. The number of halogens is 2. The van der Waals surface area contributed by atoms with Crippen molar-refractivity contribution >= 4 is 66.2 Å². The lowest BCUT2D eigenvalue weighted by molar-refractivity contribution is -0.114. The van der Waals surface area contributed by atoms with Crippen molar-refractivity contribution in [3.05, 3.63) is 70.7 Å². The molecule has 0 saturated heterocycles. The molecule has 0 fully saturated rings. The van der Waals surface area contributed by atoms with E-state index in [1.54, 1.807) is 6.07 Å². The van der Waals surface area contributed by atoms with Crippen molar-refractivity contribution in [1.82, 2.24) is 0 Å². The van der Waals surface area contributed by atoms with Crippen molar-refractivity contribution < 1.29 is 31.1 Å². The Morgan fingerprint density at radius 3 is 2.22 bits per heavy atom. The number of hydrogen-bond donors (Lipinski definition) is 2. The van der Waals surface area contributed by atoms with Gasteiger partial charge in [-0.1, -0.05) is 29.3 Å². The van der Waals surface area contributed by atoms with E-state index in [1.807, 2.05) is 0 Å². The number of carbonyl (C=O) groups excluding carboxylic acids is 1. The van der Waals surface area contributed by atoms with Gasteiger partial charge in [0.05, 0.1) is 46.8 Å². The van der Waals surface area contributed by atoms with Crippen molar-refractivity contribution in [2.45, 2.75) is 4.90 Å². The molecule has 2 N–H and O–H groups in total. The highest BCUT2D eigenvalue weighted by atomic mass is 35.5. The highest BCUT2D eigenvalue weighted by molar-refractivity contribution is 7.92. The molecule has 1 amide bonds. The number of carbonyl (C=O) groups is 1. The fraction of sp³-hybridized carbons (Fsp3) is 0.174. The Bertz CT molecular complexity index is 1510. The van der Waals surface area contributed by atoms with E-state index >= 15 is 0 Å². The second kappa shape index (κ2) is 11.5. The minimum atomic E-state index is -4.00. The second-order valence-corrected chi connectivity index (χ2v) is 12.0. The fourth-order valence-electron chi connectivity index (χ4n) is 3.21. The number of amides is 1. The first-order valence-corrected chi connectivity index (χ1v) is 14.5. The molecule has 3 aromatic rings. The zero-order valence-corrected chi connectivity index (χ0v) is 23.0. The summed E-state index contributed by atoms with van der Waals surface area (Å²) in [6.45, 7) is -0.559. The summed E-state index contributed by atoms with van der Waals surface area (Å²) in [5.41, 5.74) is 0.509. The third-order valence-corrected chi connectivity index (χ3v) is 8.31. The van der Waals surface area contributed by atoms with E-state index in [-0.39, 0.29) is 37.8 Å². The van der Waals surface area contributed by atoms with Gasteiger partial charge in [0, 0.05) is 11.8 Å². The van der Waals surface area contributed by atoms with Crippen LogP contribution in [-0.4, -0.2) is 49.8 Å². The summed E-state index contributed by atoms with van der Waals surface area (Å²) in [6.07, 6.45) is 0.961. The highest BCUT2D eigenvalue weighted by Gasteiger charge is 2.25. The Morgan fingerprint density at radius 2 is 1.62 bits per heavy atom. The van der Waals surface area contributed by atoms with E-state index in [1.165, 1.54) is 68.8 Å². The molecule has 37 heavy (non-hydrogen) atoms. The van der Waals surface area contributed by atoms with Gasteiger partial charge in [0.2, 0.25) is 15.9 Å². The molecule has 3 rings (SSSR count). The second-order valence-electron chi connectivity index (χ2n) is 7.59. The van der Waals surface area contributed by atoms with Crippen LogP contribution in [0.3, 0.4) is 0 Å². The molecule has 0 bridgehead atoms. The lowest BCUT2D eigenvalue weighted by Gasteiger charge is -2.24. The number of anilines is 3. The van der Waals surface area contributed by atoms with Gasteiger partial charge in [-0.15, -0.1) is 0 Å². The summed E-state index contributed by atoms with van der Waals surface area (Å²) in [7, 11) is -5.06. The molecule has 10 nitrogen and oxygen atoms in total. The molecule has 3 aromatic carbocycles. The molecule has 0 aliphatic heterocycles. The number of methoxy groups -OCH3 is 2. The Morgan fingerprint density at radius 1 is 0.946 bits per heavy atom. The topological polar surface area (TPSA) is 131 Å². The average Bonchev–Trinajstić information content (AvgIpc) is 2.84. The van der Waals surface area contributed by atoms with Gasteiger partial charge < -0.3 is 14.8 Å².